The molecule has 1 atom stereocenters. The number of rotatable bonds is 4. The van der Waals surface area contributed by atoms with Crippen molar-refractivity contribution in [1.82, 2.24) is 4.90 Å². The summed E-state index contributed by atoms with van der Waals surface area (Å²) in [5.41, 5.74) is 3.62. The summed E-state index contributed by atoms with van der Waals surface area (Å²) < 4.78 is 0. The Labute approximate surface area is 104 Å². The molecule has 0 amide bonds. The van der Waals surface area contributed by atoms with Crippen LogP contribution in [0.4, 0.5) is 0 Å². The van der Waals surface area contributed by atoms with Crippen molar-refractivity contribution in [2.45, 2.75) is 39.2 Å². The fourth-order valence-corrected chi connectivity index (χ4v) is 2.45. The van der Waals surface area contributed by atoms with E-state index >= 15 is 0 Å². The molecule has 2 rings (SSSR count). The van der Waals surface area contributed by atoms with Gasteiger partial charge in [-0.1, -0.05) is 18.2 Å². The minimum absolute atomic E-state index is 0.310. The molecule has 2 heteroatoms. The van der Waals surface area contributed by atoms with Gasteiger partial charge >= 0.3 is 0 Å². The Morgan fingerprint density at radius 2 is 1.88 bits per heavy atom. The predicted octanol–water partition coefficient (Wildman–Crippen LogP) is 2.82. The molecule has 2 nitrogen and oxygen atoms in total. The summed E-state index contributed by atoms with van der Waals surface area (Å²) in [5, 5.41) is 10.2. The van der Waals surface area contributed by atoms with E-state index in [0.29, 0.717) is 0 Å². The zero-order valence-electron chi connectivity index (χ0n) is 10.9. The fourth-order valence-electron chi connectivity index (χ4n) is 2.45. The summed E-state index contributed by atoms with van der Waals surface area (Å²) in [6, 6.07) is 6.27. The zero-order chi connectivity index (χ0) is 12.3. The highest BCUT2D eigenvalue weighted by atomic mass is 16.3. The summed E-state index contributed by atoms with van der Waals surface area (Å²) >= 11 is 0. The van der Waals surface area contributed by atoms with Crippen LogP contribution in [0.25, 0.3) is 0 Å². The van der Waals surface area contributed by atoms with E-state index in [9.17, 15) is 5.11 Å². The van der Waals surface area contributed by atoms with Crippen LogP contribution in [0.15, 0.2) is 18.2 Å². The van der Waals surface area contributed by atoms with Gasteiger partial charge in [0, 0.05) is 6.54 Å². The Hall–Kier alpha value is -0.860. The molecule has 1 saturated heterocycles. The smallest absolute Gasteiger partial charge is 0.0802 e. The Balaban J connectivity index is 1.89. The summed E-state index contributed by atoms with van der Waals surface area (Å²) in [5.74, 6) is 0. The first-order valence-corrected chi connectivity index (χ1v) is 6.64. The van der Waals surface area contributed by atoms with Gasteiger partial charge in [-0.15, -0.1) is 0 Å². The monoisotopic (exact) mass is 233 g/mol. The Morgan fingerprint density at radius 1 is 1.18 bits per heavy atom. The number of nitrogens with zero attached hydrogens (tertiary/aromatic N) is 1. The van der Waals surface area contributed by atoms with E-state index in [1.54, 1.807) is 0 Å². The van der Waals surface area contributed by atoms with Crippen molar-refractivity contribution in [3.63, 3.8) is 0 Å². The van der Waals surface area contributed by atoms with Gasteiger partial charge in [0.2, 0.25) is 0 Å². The number of aliphatic hydroxyl groups excluding tert-OH is 1. The van der Waals surface area contributed by atoms with Crippen LogP contribution in [-0.2, 0) is 0 Å². The maximum absolute atomic E-state index is 10.2. The highest BCUT2D eigenvalue weighted by Gasteiger charge is 2.14. The lowest BCUT2D eigenvalue weighted by atomic mass is 10.0. The van der Waals surface area contributed by atoms with Crippen molar-refractivity contribution in [1.29, 1.82) is 0 Å². The molecule has 1 N–H and O–H groups in total. The van der Waals surface area contributed by atoms with Crippen LogP contribution in [0, 0.1) is 13.8 Å². The molecule has 0 radical (unpaired) electrons. The van der Waals surface area contributed by atoms with E-state index in [1.165, 1.54) is 37.1 Å². The SMILES string of the molecule is Cc1ccc(C(O)CCN2CCCC2)cc1C. The molecular formula is C15H23NO. The van der Waals surface area contributed by atoms with Crippen molar-refractivity contribution in [3.05, 3.63) is 34.9 Å². The Morgan fingerprint density at radius 3 is 2.53 bits per heavy atom. The molecule has 1 aliphatic rings. The minimum Gasteiger partial charge on any atom is -0.388 e. The molecule has 0 spiro atoms. The number of benzene rings is 1. The van der Waals surface area contributed by atoms with E-state index in [4.69, 9.17) is 0 Å². The van der Waals surface area contributed by atoms with Gasteiger partial charge in [0.15, 0.2) is 0 Å². The van der Waals surface area contributed by atoms with Gasteiger partial charge in [-0.2, -0.15) is 0 Å². The van der Waals surface area contributed by atoms with Gasteiger partial charge in [0.1, 0.15) is 0 Å². The molecule has 1 heterocycles. The van der Waals surface area contributed by atoms with Crippen LogP contribution in [0.5, 0.6) is 0 Å². The second-order valence-corrected chi connectivity index (χ2v) is 5.20. The lowest BCUT2D eigenvalue weighted by Gasteiger charge is -2.18. The zero-order valence-corrected chi connectivity index (χ0v) is 10.9. The van der Waals surface area contributed by atoms with Gasteiger partial charge in [-0.3, -0.25) is 0 Å². The second-order valence-electron chi connectivity index (χ2n) is 5.20. The molecule has 0 aromatic heterocycles. The van der Waals surface area contributed by atoms with Gasteiger partial charge in [-0.05, 0) is 62.9 Å². The van der Waals surface area contributed by atoms with E-state index in [0.717, 1.165) is 18.5 Å². The average molecular weight is 233 g/mol. The number of hydrogen-bond acceptors (Lipinski definition) is 2. The van der Waals surface area contributed by atoms with Crippen LogP contribution in [0.3, 0.4) is 0 Å². The summed E-state index contributed by atoms with van der Waals surface area (Å²) in [6.07, 6.45) is 3.18. The molecule has 0 aliphatic carbocycles. The maximum Gasteiger partial charge on any atom is 0.0802 e. The van der Waals surface area contributed by atoms with Crippen LogP contribution in [0.1, 0.15) is 42.1 Å². The van der Waals surface area contributed by atoms with Crippen LogP contribution in [-0.4, -0.2) is 29.6 Å². The average Bonchev–Trinajstić information content (AvgIpc) is 2.82. The predicted molar refractivity (Wildman–Crippen MR) is 71.2 cm³/mol. The van der Waals surface area contributed by atoms with Gasteiger partial charge in [0.25, 0.3) is 0 Å². The van der Waals surface area contributed by atoms with Crippen molar-refractivity contribution >= 4 is 0 Å². The molecule has 1 aliphatic heterocycles. The van der Waals surface area contributed by atoms with Crippen molar-refractivity contribution in [3.8, 4) is 0 Å². The number of hydrogen-bond donors (Lipinski definition) is 1. The van der Waals surface area contributed by atoms with Crippen molar-refractivity contribution in [2.24, 2.45) is 0 Å². The van der Waals surface area contributed by atoms with Gasteiger partial charge in [0.05, 0.1) is 6.10 Å². The quantitative estimate of drug-likeness (QED) is 0.864. The summed E-state index contributed by atoms with van der Waals surface area (Å²) in [7, 11) is 0. The number of aliphatic hydroxyl groups is 1. The van der Waals surface area contributed by atoms with E-state index in [-0.39, 0.29) is 6.10 Å². The van der Waals surface area contributed by atoms with Crippen LogP contribution < -0.4 is 0 Å². The molecule has 1 aromatic carbocycles. The Bertz CT molecular complexity index is 369. The number of aryl methyl sites for hydroxylation is 2. The molecular weight excluding hydrogens is 210 g/mol. The molecule has 1 fully saturated rings. The highest BCUT2D eigenvalue weighted by Crippen LogP contribution is 2.21. The lowest BCUT2D eigenvalue weighted by Crippen LogP contribution is -2.22. The molecule has 1 unspecified atom stereocenters. The van der Waals surface area contributed by atoms with E-state index < -0.39 is 0 Å². The minimum atomic E-state index is -0.310. The normalized spacial score (nSPS) is 18.5. The summed E-state index contributed by atoms with van der Waals surface area (Å²) in [4.78, 5) is 2.45. The molecule has 17 heavy (non-hydrogen) atoms. The topological polar surface area (TPSA) is 23.5 Å². The molecule has 0 bridgehead atoms. The molecule has 0 saturated carbocycles. The van der Waals surface area contributed by atoms with Gasteiger partial charge < -0.3 is 10.0 Å². The van der Waals surface area contributed by atoms with E-state index in [1.807, 2.05) is 0 Å². The molecule has 1 aromatic rings. The van der Waals surface area contributed by atoms with Crippen molar-refractivity contribution < 1.29 is 5.11 Å². The second kappa shape index (κ2) is 5.65. The third-order valence-electron chi connectivity index (χ3n) is 3.83. The highest BCUT2D eigenvalue weighted by molar-refractivity contribution is 5.31. The Kier molecular flexibility index (Phi) is 4.19. The fraction of sp³-hybridized carbons (Fsp3) is 0.600. The lowest BCUT2D eigenvalue weighted by molar-refractivity contribution is 0.149. The largest absolute Gasteiger partial charge is 0.388 e. The third kappa shape index (κ3) is 3.30. The van der Waals surface area contributed by atoms with Crippen molar-refractivity contribution in [2.75, 3.05) is 19.6 Å². The first-order chi connectivity index (χ1) is 8.16. The van der Waals surface area contributed by atoms with Gasteiger partial charge in [-0.25, -0.2) is 0 Å². The molecule has 94 valence electrons. The first-order valence-electron chi connectivity index (χ1n) is 6.64. The first kappa shape index (κ1) is 12.6. The maximum atomic E-state index is 10.2. The number of likely N-dealkylation sites (tertiary alicyclic amines) is 1. The standard InChI is InChI=1S/C15H23NO/c1-12-5-6-14(11-13(12)2)15(17)7-10-16-8-3-4-9-16/h5-6,11,15,17H,3-4,7-10H2,1-2H3. The van der Waals surface area contributed by atoms with E-state index in [2.05, 4.69) is 36.9 Å². The van der Waals surface area contributed by atoms with Crippen LogP contribution in [0.2, 0.25) is 0 Å². The third-order valence-corrected chi connectivity index (χ3v) is 3.83. The summed E-state index contributed by atoms with van der Waals surface area (Å²) in [6.45, 7) is 7.65. The van der Waals surface area contributed by atoms with Crippen LogP contribution >= 0.6 is 0 Å².